The van der Waals surface area contributed by atoms with Crippen LogP contribution in [0.2, 0.25) is 0 Å². The molecule has 0 aromatic rings. The quantitative estimate of drug-likeness (QED) is 0.478. The Hall–Kier alpha value is -1.16. The van der Waals surface area contributed by atoms with Gasteiger partial charge in [-0.2, -0.15) is 0 Å². The average Bonchev–Trinajstić information content (AvgIpc) is 2.35. The third-order valence-corrected chi connectivity index (χ3v) is 2.98. The maximum Gasteiger partial charge on any atom is 0.243 e. The largest absolute Gasteiger partial charge is 0.353 e. The van der Waals surface area contributed by atoms with Crippen LogP contribution in [0.25, 0.3) is 0 Å². The van der Waals surface area contributed by atoms with Gasteiger partial charge in [-0.25, -0.2) is 0 Å². The summed E-state index contributed by atoms with van der Waals surface area (Å²) in [6, 6.07) is 0.235. The molecule has 1 atom stereocenters. The number of hydrogen-bond donors (Lipinski definition) is 2. The number of ketones is 1. The highest BCUT2D eigenvalue weighted by Crippen LogP contribution is 2.08. The van der Waals surface area contributed by atoms with Crippen molar-refractivity contribution in [2.75, 3.05) is 6.54 Å². The lowest BCUT2D eigenvalue weighted by atomic mass is 9.96. The molecule has 0 aliphatic carbocycles. The van der Waals surface area contributed by atoms with E-state index in [2.05, 4.69) is 24.5 Å². The maximum absolute atomic E-state index is 12.1. The predicted octanol–water partition coefficient (Wildman–Crippen LogP) is 2.44. The molecule has 0 aromatic carbocycles. The minimum atomic E-state index is -0.0683. The number of nitrogens with one attached hydrogen (secondary N) is 2. The summed E-state index contributed by atoms with van der Waals surface area (Å²) in [5.74, 6) is 0.278. The molecule has 20 heavy (non-hydrogen) atoms. The maximum atomic E-state index is 12.1. The number of allylic oxidation sites excluding steroid dienone is 1. The summed E-state index contributed by atoms with van der Waals surface area (Å²) < 4.78 is 0. The number of carbonyl (C=O) groups is 2. The van der Waals surface area contributed by atoms with Gasteiger partial charge in [0.1, 0.15) is 0 Å². The number of hydrogen-bond acceptors (Lipinski definition) is 3. The molecule has 4 nitrogen and oxygen atoms in total. The van der Waals surface area contributed by atoms with E-state index in [1.54, 1.807) is 6.08 Å². The molecule has 4 heteroatoms. The van der Waals surface area contributed by atoms with Crippen molar-refractivity contribution in [2.45, 2.75) is 66.0 Å². The van der Waals surface area contributed by atoms with Crippen molar-refractivity contribution in [3.05, 3.63) is 12.2 Å². The number of rotatable bonds is 10. The molecule has 1 amide bonds. The van der Waals surface area contributed by atoms with Crippen LogP contribution < -0.4 is 10.6 Å². The first kappa shape index (κ1) is 18.8. The van der Waals surface area contributed by atoms with E-state index in [4.69, 9.17) is 0 Å². The summed E-state index contributed by atoms with van der Waals surface area (Å²) >= 11 is 0. The topological polar surface area (TPSA) is 58.2 Å². The van der Waals surface area contributed by atoms with Gasteiger partial charge in [0.15, 0.2) is 5.78 Å². The summed E-state index contributed by atoms with van der Waals surface area (Å²) in [4.78, 5) is 23.3. The van der Waals surface area contributed by atoms with Crippen LogP contribution in [0.15, 0.2) is 12.2 Å². The van der Waals surface area contributed by atoms with E-state index in [-0.39, 0.29) is 23.7 Å². The van der Waals surface area contributed by atoms with E-state index in [0.717, 1.165) is 19.3 Å². The highest BCUT2D eigenvalue weighted by atomic mass is 16.1. The van der Waals surface area contributed by atoms with Crippen molar-refractivity contribution >= 4 is 11.7 Å². The van der Waals surface area contributed by atoms with Crippen LogP contribution >= 0.6 is 0 Å². The number of Topliss-reactive ketones (excluding diaryl/α,β-unsaturated/α-hetero) is 1. The van der Waals surface area contributed by atoms with Gasteiger partial charge in [-0.1, -0.05) is 33.8 Å². The molecule has 0 aliphatic rings. The zero-order valence-corrected chi connectivity index (χ0v) is 13.5. The first-order valence-corrected chi connectivity index (χ1v) is 7.58. The Morgan fingerprint density at radius 1 is 1.10 bits per heavy atom. The zero-order valence-electron chi connectivity index (χ0n) is 13.5. The SMILES string of the molecule is C/C=C/C(=O)NCCCCC(NC(C)C)C(=O)C(C)C. The Balaban J connectivity index is 4.02. The minimum Gasteiger partial charge on any atom is -0.353 e. The molecule has 116 valence electrons. The van der Waals surface area contributed by atoms with Crippen LogP contribution in [0.4, 0.5) is 0 Å². The third kappa shape index (κ3) is 8.86. The molecule has 0 rings (SSSR count). The summed E-state index contributed by atoms with van der Waals surface area (Å²) in [7, 11) is 0. The van der Waals surface area contributed by atoms with Gasteiger partial charge in [0.2, 0.25) is 5.91 Å². The second-order valence-corrected chi connectivity index (χ2v) is 5.72. The van der Waals surface area contributed by atoms with Gasteiger partial charge >= 0.3 is 0 Å². The Morgan fingerprint density at radius 2 is 1.75 bits per heavy atom. The van der Waals surface area contributed by atoms with Gasteiger partial charge in [0, 0.05) is 18.5 Å². The number of amides is 1. The highest BCUT2D eigenvalue weighted by molar-refractivity contribution is 5.87. The average molecular weight is 282 g/mol. The molecule has 0 aliphatic heterocycles. The van der Waals surface area contributed by atoms with Crippen molar-refractivity contribution in [2.24, 2.45) is 5.92 Å². The monoisotopic (exact) mass is 282 g/mol. The van der Waals surface area contributed by atoms with Crippen molar-refractivity contribution in [3.8, 4) is 0 Å². The molecule has 0 heterocycles. The molecule has 1 unspecified atom stereocenters. The molecule has 0 fully saturated rings. The molecular formula is C16H30N2O2. The fraction of sp³-hybridized carbons (Fsp3) is 0.750. The van der Waals surface area contributed by atoms with Crippen LogP contribution in [0.5, 0.6) is 0 Å². The fourth-order valence-electron chi connectivity index (χ4n) is 2.01. The van der Waals surface area contributed by atoms with Crippen molar-refractivity contribution in [1.29, 1.82) is 0 Å². The van der Waals surface area contributed by atoms with E-state index in [0.29, 0.717) is 12.6 Å². The van der Waals surface area contributed by atoms with Gasteiger partial charge in [-0.3, -0.25) is 9.59 Å². The smallest absolute Gasteiger partial charge is 0.243 e. The van der Waals surface area contributed by atoms with Crippen LogP contribution in [-0.4, -0.2) is 30.3 Å². The summed E-state index contributed by atoms with van der Waals surface area (Å²) in [5, 5.41) is 6.15. The first-order chi connectivity index (χ1) is 9.38. The standard InChI is InChI=1S/C16H30N2O2/c1-6-9-15(19)17-11-8-7-10-14(18-13(4)5)16(20)12(2)3/h6,9,12-14,18H,7-8,10-11H2,1-5H3,(H,17,19)/b9-6+. The van der Waals surface area contributed by atoms with Gasteiger partial charge in [0.05, 0.1) is 6.04 Å². The molecule has 0 aromatic heterocycles. The van der Waals surface area contributed by atoms with E-state index >= 15 is 0 Å². The Kier molecular flexibility index (Phi) is 9.99. The molecule has 0 saturated carbocycles. The lowest BCUT2D eigenvalue weighted by molar-refractivity contribution is -0.124. The molecule has 0 bridgehead atoms. The van der Waals surface area contributed by atoms with Crippen molar-refractivity contribution < 1.29 is 9.59 Å². The van der Waals surface area contributed by atoms with Crippen LogP contribution in [-0.2, 0) is 9.59 Å². The second-order valence-electron chi connectivity index (χ2n) is 5.72. The van der Waals surface area contributed by atoms with Gasteiger partial charge in [-0.05, 0) is 32.3 Å². The second kappa shape index (κ2) is 10.6. The normalized spacial score (nSPS) is 13.2. The van der Waals surface area contributed by atoms with E-state index in [9.17, 15) is 9.59 Å². The summed E-state index contributed by atoms with van der Waals surface area (Å²) in [6.07, 6.45) is 5.89. The third-order valence-electron chi connectivity index (χ3n) is 2.98. The predicted molar refractivity (Wildman–Crippen MR) is 83.6 cm³/mol. The number of carbonyl (C=O) groups excluding carboxylic acids is 2. The Morgan fingerprint density at radius 3 is 2.25 bits per heavy atom. The molecule has 0 spiro atoms. The summed E-state index contributed by atoms with van der Waals surface area (Å²) in [6.45, 7) is 10.5. The lowest BCUT2D eigenvalue weighted by Gasteiger charge is -2.22. The van der Waals surface area contributed by atoms with Crippen molar-refractivity contribution in [3.63, 3.8) is 0 Å². The molecule has 0 radical (unpaired) electrons. The van der Waals surface area contributed by atoms with Crippen LogP contribution in [0.3, 0.4) is 0 Å². The molecule has 2 N–H and O–H groups in total. The molecule has 0 saturated heterocycles. The minimum absolute atomic E-state index is 0.0531. The van der Waals surface area contributed by atoms with Gasteiger partial charge in [0.25, 0.3) is 0 Å². The summed E-state index contributed by atoms with van der Waals surface area (Å²) in [5.41, 5.74) is 0. The van der Waals surface area contributed by atoms with Crippen LogP contribution in [0, 0.1) is 5.92 Å². The molecular weight excluding hydrogens is 252 g/mol. The fourth-order valence-corrected chi connectivity index (χ4v) is 2.01. The van der Waals surface area contributed by atoms with E-state index < -0.39 is 0 Å². The Labute approximate surface area is 123 Å². The Bertz CT molecular complexity index is 322. The van der Waals surface area contributed by atoms with E-state index in [1.807, 2.05) is 20.8 Å². The van der Waals surface area contributed by atoms with Gasteiger partial charge < -0.3 is 10.6 Å². The zero-order chi connectivity index (χ0) is 15.5. The van der Waals surface area contributed by atoms with Crippen molar-refractivity contribution in [1.82, 2.24) is 10.6 Å². The number of unbranched alkanes of at least 4 members (excludes halogenated alkanes) is 1. The van der Waals surface area contributed by atoms with Gasteiger partial charge in [-0.15, -0.1) is 0 Å². The van der Waals surface area contributed by atoms with Crippen LogP contribution in [0.1, 0.15) is 53.9 Å². The van der Waals surface area contributed by atoms with E-state index in [1.165, 1.54) is 6.08 Å². The first-order valence-electron chi connectivity index (χ1n) is 7.58. The lowest BCUT2D eigenvalue weighted by Crippen LogP contribution is -2.42. The highest BCUT2D eigenvalue weighted by Gasteiger charge is 2.20.